The second kappa shape index (κ2) is 6.15. The van der Waals surface area contributed by atoms with E-state index in [0.29, 0.717) is 29.4 Å². The molecule has 0 bridgehead atoms. The third-order valence-electron chi connectivity index (χ3n) is 4.71. The fraction of sp³-hybridized carbons (Fsp3) is 0.150. The molecular weight excluding hydrogens is 330 g/mol. The van der Waals surface area contributed by atoms with Gasteiger partial charge in [-0.05, 0) is 42.3 Å². The van der Waals surface area contributed by atoms with Gasteiger partial charge in [-0.15, -0.1) is 0 Å². The number of para-hydroxylation sites is 1. The van der Waals surface area contributed by atoms with Gasteiger partial charge >= 0.3 is 0 Å². The highest BCUT2D eigenvalue weighted by Crippen LogP contribution is 2.29. The molecule has 130 valence electrons. The molecule has 0 saturated carbocycles. The summed E-state index contributed by atoms with van der Waals surface area (Å²) in [5, 5.41) is 3.26. The van der Waals surface area contributed by atoms with E-state index in [4.69, 9.17) is 0 Å². The number of carbonyl (C=O) groups excluding carboxylic acids is 2. The summed E-state index contributed by atoms with van der Waals surface area (Å²) in [5.41, 5.74) is 2.90. The number of fused-ring (bicyclic) bond motifs is 2. The zero-order chi connectivity index (χ0) is 18.3. The van der Waals surface area contributed by atoms with E-state index in [-0.39, 0.29) is 16.9 Å². The summed E-state index contributed by atoms with van der Waals surface area (Å²) < 4.78 is 0. The quantitative estimate of drug-likeness (QED) is 0.748. The zero-order valence-corrected chi connectivity index (χ0v) is 14.2. The summed E-state index contributed by atoms with van der Waals surface area (Å²) >= 11 is 0. The summed E-state index contributed by atoms with van der Waals surface area (Å²) in [6, 6.07) is 12.5. The van der Waals surface area contributed by atoms with Gasteiger partial charge in [0.1, 0.15) is 5.56 Å². The van der Waals surface area contributed by atoms with Crippen molar-refractivity contribution in [2.45, 2.75) is 12.8 Å². The van der Waals surface area contributed by atoms with E-state index in [1.807, 2.05) is 18.2 Å². The van der Waals surface area contributed by atoms with Gasteiger partial charge in [0.05, 0.1) is 0 Å². The topological polar surface area (TPSA) is 82.3 Å². The number of pyridine rings is 1. The van der Waals surface area contributed by atoms with Gasteiger partial charge in [0.2, 0.25) is 11.3 Å². The molecule has 2 amide bonds. The van der Waals surface area contributed by atoms with Gasteiger partial charge in [0.15, 0.2) is 0 Å². The third kappa shape index (κ3) is 2.65. The van der Waals surface area contributed by atoms with Crippen LogP contribution >= 0.6 is 0 Å². The van der Waals surface area contributed by atoms with Crippen molar-refractivity contribution < 1.29 is 9.59 Å². The third-order valence-corrected chi connectivity index (χ3v) is 4.71. The van der Waals surface area contributed by atoms with Gasteiger partial charge in [-0.25, -0.2) is 0 Å². The molecule has 0 unspecified atom stereocenters. The normalized spacial score (nSPS) is 13.6. The summed E-state index contributed by atoms with van der Waals surface area (Å²) in [7, 11) is 1.74. The van der Waals surface area contributed by atoms with Crippen LogP contribution in [0.4, 0.5) is 11.4 Å². The zero-order valence-electron chi connectivity index (χ0n) is 14.2. The molecule has 6 nitrogen and oxygen atoms in total. The fourth-order valence-corrected chi connectivity index (χ4v) is 3.27. The molecule has 2 heterocycles. The average molecular weight is 347 g/mol. The second-order valence-corrected chi connectivity index (χ2v) is 6.33. The lowest BCUT2D eigenvalue weighted by Crippen LogP contribution is -2.31. The minimum absolute atomic E-state index is 0.0636. The summed E-state index contributed by atoms with van der Waals surface area (Å²) in [4.78, 5) is 41.5. The van der Waals surface area contributed by atoms with E-state index >= 15 is 0 Å². The van der Waals surface area contributed by atoms with Crippen molar-refractivity contribution in [3.05, 3.63) is 70.0 Å². The van der Waals surface area contributed by atoms with E-state index in [0.717, 1.165) is 11.3 Å². The standard InChI is InChI=1S/C20H17N3O3/c1-23-17-8-7-13(10-12(17)6-9-18(23)24)22-20(26)15-11-21-16-5-3-2-4-14(16)19(15)25/h2-5,7-8,10-11H,6,9H2,1H3,(H,21,25)(H,22,26). The number of nitrogens with zero attached hydrogens (tertiary/aromatic N) is 1. The van der Waals surface area contributed by atoms with Gasteiger partial charge in [0, 0.05) is 41.9 Å². The molecule has 1 aliphatic heterocycles. The van der Waals surface area contributed by atoms with Gasteiger partial charge in [-0.2, -0.15) is 0 Å². The van der Waals surface area contributed by atoms with Crippen LogP contribution in [0.1, 0.15) is 22.3 Å². The largest absolute Gasteiger partial charge is 0.360 e. The van der Waals surface area contributed by atoms with Gasteiger partial charge in [0.25, 0.3) is 5.91 Å². The van der Waals surface area contributed by atoms with Crippen molar-refractivity contribution >= 4 is 34.1 Å². The molecule has 0 atom stereocenters. The van der Waals surface area contributed by atoms with Crippen LogP contribution < -0.4 is 15.6 Å². The van der Waals surface area contributed by atoms with E-state index in [1.54, 1.807) is 36.2 Å². The molecule has 4 rings (SSSR count). The second-order valence-electron chi connectivity index (χ2n) is 6.33. The molecular formula is C20H17N3O3. The summed E-state index contributed by atoms with van der Waals surface area (Å²) in [5.74, 6) is -0.380. The van der Waals surface area contributed by atoms with Crippen LogP contribution in [0.15, 0.2) is 53.5 Å². The van der Waals surface area contributed by atoms with Crippen LogP contribution in [-0.2, 0) is 11.2 Å². The first-order chi connectivity index (χ1) is 12.5. The van der Waals surface area contributed by atoms with Crippen molar-refractivity contribution in [1.82, 2.24) is 4.98 Å². The van der Waals surface area contributed by atoms with E-state index in [9.17, 15) is 14.4 Å². The molecule has 0 saturated heterocycles. The van der Waals surface area contributed by atoms with Crippen LogP contribution in [-0.4, -0.2) is 23.8 Å². The molecule has 6 heteroatoms. The number of H-pyrrole nitrogens is 1. The maximum Gasteiger partial charge on any atom is 0.261 e. The van der Waals surface area contributed by atoms with E-state index in [1.165, 1.54) is 6.20 Å². The Morgan fingerprint density at radius 1 is 1.12 bits per heavy atom. The molecule has 0 spiro atoms. The fourth-order valence-electron chi connectivity index (χ4n) is 3.27. The Bertz CT molecular complexity index is 1100. The van der Waals surface area contributed by atoms with Crippen molar-refractivity contribution in [3.63, 3.8) is 0 Å². The van der Waals surface area contributed by atoms with Crippen molar-refractivity contribution in [2.75, 3.05) is 17.3 Å². The first kappa shape index (κ1) is 16.1. The highest BCUT2D eigenvalue weighted by molar-refractivity contribution is 6.06. The monoisotopic (exact) mass is 347 g/mol. The lowest BCUT2D eigenvalue weighted by molar-refractivity contribution is -0.118. The number of aryl methyl sites for hydroxylation is 1. The van der Waals surface area contributed by atoms with Crippen LogP contribution in [0.2, 0.25) is 0 Å². The maximum absolute atomic E-state index is 12.6. The predicted molar refractivity (Wildman–Crippen MR) is 101 cm³/mol. The smallest absolute Gasteiger partial charge is 0.261 e. The number of benzene rings is 2. The van der Waals surface area contributed by atoms with Crippen molar-refractivity contribution in [2.24, 2.45) is 0 Å². The first-order valence-corrected chi connectivity index (χ1v) is 8.36. The molecule has 0 aliphatic carbocycles. The Balaban J connectivity index is 1.64. The number of aromatic amines is 1. The number of aromatic nitrogens is 1. The molecule has 2 aromatic carbocycles. The minimum atomic E-state index is -0.461. The van der Waals surface area contributed by atoms with E-state index < -0.39 is 5.91 Å². The molecule has 1 aliphatic rings. The van der Waals surface area contributed by atoms with Crippen LogP contribution in [0, 0.1) is 0 Å². The lowest BCUT2D eigenvalue weighted by atomic mass is 10.0. The summed E-state index contributed by atoms with van der Waals surface area (Å²) in [6.45, 7) is 0. The maximum atomic E-state index is 12.6. The molecule has 0 radical (unpaired) electrons. The average Bonchev–Trinajstić information content (AvgIpc) is 2.65. The van der Waals surface area contributed by atoms with Gasteiger partial charge < -0.3 is 15.2 Å². The lowest BCUT2D eigenvalue weighted by Gasteiger charge is -2.26. The molecule has 1 aromatic heterocycles. The number of hydrogen-bond acceptors (Lipinski definition) is 3. The van der Waals surface area contributed by atoms with Crippen LogP contribution in [0.3, 0.4) is 0 Å². The highest BCUT2D eigenvalue weighted by Gasteiger charge is 2.21. The Labute approximate surface area is 149 Å². The van der Waals surface area contributed by atoms with Crippen molar-refractivity contribution in [1.29, 1.82) is 0 Å². The Morgan fingerprint density at radius 3 is 2.77 bits per heavy atom. The van der Waals surface area contributed by atoms with Crippen molar-refractivity contribution in [3.8, 4) is 0 Å². The Hall–Kier alpha value is -3.41. The predicted octanol–water partition coefficient (Wildman–Crippen LogP) is 2.69. The van der Waals surface area contributed by atoms with Gasteiger partial charge in [-0.1, -0.05) is 12.1 Å². The molecule has 26 heavy (non-hydrogen) atoms. The molecule has 0 fully saturated rings. The molecule has 2 N–H and O–H groups in total. The first-order valence-electron chi connectivity index (χ1n) is 8.36. The van der Waals surface area contributed by atoms with Crippen LogP contribution in [0.5, 0.6) is 0 Å². The number of nitrogens with one attached hydrogen (secondary N) is 2. The van der Waals surface area contributed by atoms with E-state index in [2.05, 4.69) is 10.3 Å². The number of amides is 2. The number of rotatable bonds is 2. The Kier molecular flexibility index (Phi) is 3.80. The highest BCUT2D eigenvalue weighted by atomic mass is 16.2. The Morgan fingerprint density at radius 2 is 1.92 bits per heavy atom. The number of hydrogen-bond donors (Lipinski definition) is 2. The number of carbonyl (C=O) groups is 2. The van der Waals surface area contributed by atoms with Crippen LogP contribution in [0.25, 0.3) is 10.9 Å². The summed E-state index contributed by atoms with van der Waals surface area (Å²) in [6.07, 6.45) is 2.52. The number of anilines is 2. The minimum Gasteiger partial charge on any atom is -0.360 e. The molecule has 3 aromatic rings. The SMILES string of the molecule is CN1C(=O)CCc2cc(NC(=O)c3c[nH]c4ccccc4c3=O)ccc21. The van der Waals surface area contributed by atoms with Gasteiger partial charge in [-0.3, -0.25) is 14.4 Å².